The highest BCUT2D eigenvalue weighted by molar-refractivity contribution is 5.97. The molecule has 0 aliphatic rings. The maximum absolute atomic E-state index is 11.8. The molecule has 20 heavy (non-hydrogen) atoms. The zero-order chi connectivity index (χ0) is 15.3. The van der Waals surface area contributed by atoms with Crippen molar-refractivity contribution in [2.45, 2.75) is 33.2 Å². The van der Waals surface area contributed by atoms with Gasteiger partial charge in [-0.15, -0.1) is 0 Å². The molecule has 5 heteroatoms. The van der Waals surface area contributed by atoms with Gasteiger partial charge >= 0.3 is 5.97 Å². The molecule has 0 saturated heterocycles. The number of hydrogen-bond acceptors (Lipinski definition) is 5. The summed E-state index contributed by atoms with van der Waals surface area (Å²) in [6.45, 7) is 6.55. The summed E-state index contributed by atoms with van der Waals surface area (Å²) in [6.07, 6.45) is 0.426. The van der Waals surface area contributed by atoms with Gasteiger partial charge in [0.25, 0.3) is 0 Å². The maximum Gasteiger partial charge on any atom is 0.340 e. The van der Waals surface area contributed by atoms with E-state index in [2.05, 4.69) is 11.0 Å². The van der Waals surface area contributed by atoms with Crippen LogP contribution in [0.4, 0.5) is 11.4 Å². The smallest absolute Gasteiger partial charge is 0.340 e. The van der Waals surface area contributed by atoms with Gasteiger partial charge in [0.2, 0.25) is 0 Å². The molecule has 0 fully saturated rings. The summed E-state index contributed by atoms with van der Waals surface area (Å²) < 4.78 is 4.76. The van der Waals surface area contributed by atoms with E-state index in [1.165, 1.54) is 7.11 Å². The number of hydrogen-bond donors (Lipinski definition) is 1. The third-order valence-corrected chi connectivity index (χ3v) is 3.20. The molecule has 0 aliphatic heterocycles. The number of esters is 1. The third-order valence-electron chi connectivity index (χ3n) is 3.20. The van der Waals surface area contributed by atoms with Crippen molar-refractivity contribution in [2.24, 2.45) is 0 Å². The van der Waals surface area contributed by atoms with E-state index in [-0.39, 0.29) is 6.04 Å². The topological polar surface area (TPSA) is 79.3 Å². The summed E-state index contributed by atoms with van der Waals surface area (Å²) in [5, 5.41) is 8.75. The van der Waals surface area contributed by atoms with Gasteiger partial charge in [0.05, 0.1) is 25.2 Å². The molecule has 0 saturated carbocycles. The largest absolute Gasteiger partial charge is 0.465 e. The van der Waals surface area contributed by atoms with Gasteiger partial charge in [-0.1, -0.05) is 0 Å². The van der Waals surface area contributed by atoms with Crippen LogP contribution in [0.3, 0.4) is 0 Å². The number of carbonyl (C=O) groups is 1. The van der Waals surface area contributed by atoms with E-state index in [0.717, 1.165) is 11.3 Å². The molecular weight excluding hydrogens is 254 g/mol. The molecule has 0 spiro atoms. The van der Waals surface area contributed by atoms with Crippen LogP contribution in [0, 0.1) is 18.3 Å². The quantitative estimate of drug-likeness (QED) is 0.659. The fourth-order valence-corrected chi connectivity index (χ4v) is 2.08. The molecule has 2 N–H and O–H groups in total. The normalized spacial score (nSPS) is 10.2. The second-order valence-corrected chi connectivity index (χ2v) is 4.91. The summed E-state index contributed by atoms with van der Waals surface area (Å²) in [5.41, 5.74) is 8.44. The molecule has 0 aromatic heterocycles. The van der Waals surface area contributed by atoms with E-state index in [1.807, 2.05) is 26.8 Å². The van der Waals surface area contributed by atoms with Crippen molar-refractivity contribution in [3.63, 3.8) is 0 Å². The average Bonchev–Trinajstić information content (AvgIpc) is 2.41. The minimum Gasteiger partial charge on any atom is -0.465 e. The Bertz CT molecular complexity index is 533. The van der Waals surface area contributed by atoms with Crippen LogP contribution in [0.15, 0.2) is 12.1 Å². The van der Waals surface area contributed by atoms with Crippen LogP contribution >= 0.6 is 0 Å². The fraction of sp³-hybridized carbons (Fsp3) is 0.467. The van der Waals surface area contributed by atoms with Crippen molar-refractivity contribution in [2.75, 3.05) is 24.3 Å². The van der Waals surface area contributed by atoms with Gasteiger partial charge < -0.3 is 15.4 Å². The number of nitrogen functional groups attached to an aromatic ring is 1. The predicted octanol–water partition coefficient (Wildman–Crippen LogP) is 2.49. The lowest BCUT2D eigenvalue weighted by atomic mass is 10.1. The molecule has 108 valence electrons. The zero-order valence-electron chi connectivity index (χ0n) is 12.4. The lowest BCUT2D eigenvalue weighted by Gasteiger charge is -2.29. The van der Waals surface area contributed by atoms with Crippen LogP contribution in [0.25, 0.3) is 0 Å². The molecule has 1 rings (SSSR count). The third kappa shape index (κ3) is 3.41. The molecule has 1 aromatic carbocycles. The number of anilines is 2. The zero-order valence-corrected chi connectivity index (χ0v) is 12.4. The summed E-state index contributed by atoms with van der Waals surface area (Å²) >= 11 is 0. The molecular formula is C15H21N3O2. The van der Waals surface area contributed by atoms with E-state index in [9.17, 15) is 4.79 Å². The van der Waals surface area contributed by atoms with Crippen molar-refractivity contribution in [3.05, 3.63) is 23.3 Å². The predicted molar refractivity (Wildman–Crippen MR) is 79.6 cm³/mol. The number of methoxy groups -OCH3 is 1. The monoisotopic (exact) mass is 275 g/mol. The van der Waals surface area contributed by atoms with Gasteiger partial charge in [0.15, 0.2) is 0 Å². The highest BCUT2D eigenvalue weighted by atomic mass is 16.5. The summed E-state index contributed by atoms with van der Waals surface area (Å²) in [4.78, 5) is 13.8. The first-order valence-electron chi connectivity index (χ1n) is 6.54. The second kappa shape index (κ2) is 6.80. The van der Waals surface area contributed by atoms with Gasteiger partial charge in [-0.25, -0.2) is 4.79 Å². The number of nitriles is 1. The molecule has 0 atom stereocenters. The van der Waals surface area contributed by atoms with E-state index in [1.54, 1.807) is 6.07 Å². The minimum atomic E-state index is -0.448. The molecule has 0 radical (unpaired) electrons. The molecule has 1 aromatic rings. The maximum atomic E-state index is 11.8. The average molecular weight is 275 g/mol. The van der Waals surface area contributed by atoms with E-state index < -0.39 is 5.97 Å². The molecule has 0 aliphatic carbocycles. The number of nitrogens with two attached hydrogens (primary N) is 1. The lowest BCUT2D eigenvalue weighted by molar-refractivity contribution is 0.0602. The van der Waals surface area contributed by atoms with Crippen LogP contribution in [0.1, 0.15) is 36.2 Å². The summed E-state index contributed by atoms with van der Waals surface area (Å²) in [6, 6.07) is 6.02. The Morgan fingerprint density at radius 1 is 1.50 bits per heavy atom. The molecule has 0 amide bonds. The summed E-state index contributed by atoms with van der Waals surface area (Å²) in [5.74, 6) is -0.448. The number of rotatable bonds is 5. The highest BCUT2D eigenvalue weighted by Gasteiger charge is 2.17. The van der Waals surface area contributed by atoms with Gasteiger partial charge in [0, 0.05) is 24.0 Å². The second-order valence-electron chi connectivity index (χ2n) is 4.91. The first-order valence-corrected chi connectivity index (χ1v) is 6.54. The van der Waals surface area contributed by atoms with Crippen LogP contribution in [0.5, 0.6) is 0 Å². The van der Waals surface area contributed by atoms with Crippen molar-refractivity contribution in [1.29, 1.82) is 5.26 Å². The van der Waals surface area contributed by atoms with Crippen molar-refractivity contribution < 1.29 is 9.53 Å². The van der Waals surface area contributed by atoms with Gasteiger partial charge in [0.1, 0.15) is 0 Å². The first kappa shape index (κ1) is 15.8. The number of aryl methyl sites for hydroxylation is 1. The number of carbonyl (C=O) groups excluding carboxylic acids is 1. The SMILES string of the molecule is COC(=O)c1cc(N(CCC#N)C(C)C)cc(C)c1N. The first-order chi connectivity index (χ1) is 9.42. The number of benzene rings is 1. The molecule has 5 nitrogen and oxygen atoms in total. The van der Waals surface area contributed by atoms with Crippen LogP contribution in [-0.4, -0.2) is 25.7 Å². The van der Waals surface area contributed by atoms with Crippen LogP contribution in [0.2, 0.25) is 0 Å². The van der Waals surface area contributed by atoms with E-state index >= 15 is 0 Å². The summed E-state index contributed by atoms with van der Waals surface area (Å²) in [7, 11) is 1.33. The Labute approximate surface area is 119 Å². The Morgan fingerprint density at radius 3 is 2.65 bits per heavy atom. The lowest BCUT2D eigenvalue weighted by Crippen LogP contribution is -2.32. The molecule has 0 bridgehead atoms. The van der Waals surface area contributed by atoms with Crippen LogP contribution < -0.4 is 10.6 Å². The molecule has 0 heterocycles. The fourth-order valence-electron chi connectivity index (χ4n) is 2.08. The standard InChI is InChI=1S/C15H21N3O2/c1-10(2)18(7-5-6-16)12-8-11(3)14(17)13(9-12)15(19)20-4/h8-10H,5,7,17H2,1-4H3. The van der Waals surface area contributed by atoms with Crippen molar-refractivity contribution >= 4 is 17.3 Å². The van der Waals surface area contributed by atoms with E-state index in [4.69, 9.17) is 15.7 Å². The van der Waals surface area contributed by atoms with Gasteiger partial charge in [-0.05, 0) is 38.5 Å². The molecule has 0 unspecified atom stereocenters. The van der Waals surface area contributed by atoms with Crippen molar-refractivity contribution in [1.82, 2.24) is 0 Å². The van der Waals surface area contributed by atoms with Gasteiger partial charge in [-0.2, -0.15) is 5.26 Å². The van der Waals surface area contributed by atoms with Crippen LogP contribution in [-0.2, 0) is 4.74 Å². The Hall–Kier alpha value is -2.22. The van der Waals surface area contributed by atoms with E-state index in [0.29, 0.717) is 24.2 Å². The Balaban J connectivity index is 3.26. The van der Waals surface area contributed by atoms with Crippen molar-refractivity contribution in [3.8, 4) is 6.07 Å². The van der Waals surface area contributed by atoms with Gasteiger partial charge in [-0.3, -0.25) is 0 Å². The number of ether oxygens (including phenoxy) is 1. The highest BCUT2D eigenvalue weighted by Crippen LogP contribution is 2.27. The number of nitrogens with zero attached hydrogens (tertiary/aromatic N) is 2. The Morgan fingerprint density at radius 2 is 2.15 bits per heavy atom. The Kier molecular flexibility index (Phi) is 5.39. The minimum absolute atomic E-state index is 0.219.